The van der Waals surface area contributed by atoms with Crippen molar-refractivity contribution in [3.8, 4) is 0 Å². The van der Waals surface area contributed by atoms with Gasteiger partial charge in [-0.1, -0.05) is 11.2 Å². The zero-order chi connectivity index (χ0) is 28.4. The van der Waals surface area contributed by atoms with E-state index in [2.05, 4.69) is 20.4 Å². The number of nitrogens with one attached hydrogen (secondary N) is 1. The van der Waals surface area contributed by atoms with Gasteiger partial charge < -0.3 is 30.7 Å². The molecule has 2 aliphatic heterocycles. The molecular weight excluding hydrogens is 600 g/mol. The van der Waals surface area contributed by atoms with Gasteiger partial charge in [-0.25, -0.2) is 9.97 Å². The van der Waals surface area contributed by atoms with Crippen LogP contribution in [0.4, 0.5) is 5.13 Å². The summed E-state index contributed by atoms with van der Waals surface area (Å²) in [7, 11) is 3.74. The summed E-state index contributed by atoms with van der Waals surface area (Å²) >= 11 is 3.95. The molecule has 13 nitrogen and oxygen atoms in total. The number of oxime groups is 1. The normalized spacial score (nSPS) is 18.7. The predicted molar refractivity (Wildman–Crippen MR) is 151 cm³/mol. The number of fused-ring (bicyclic) bond motifs is 2. The zero-order valence-electron chi connectivity index (χ0n) is 22.5. The third-order valence-electron chi connectivity index (χ3n) is 6.08. The number of aliphatic carboxylic acids is 1. The average molecular weight is 625 g/mol. The molecule has 2 aliphatic rings. The molecule has 0 bridgehead atoms. The number of hydrogen-bond acceptors (Lipinski definition) is 13. The first-order valence-electron chi connectivity index (χ1n) is 12.0. The molecule has 1 saturated heterocycles. The van der Waals surface area contributed by atoms with Gasteiger partial charge in [0.05, 0.1) is 16.7 Å². The average Bonchev–Trinajstić information content (AvgIpc) is 3.58. The molecule has 1 fully saturated rings. The number of thiazole rings is 1. The number of carbonyl (C=O) groups is 3. The van der Waals surface area contributed by atoms with E-state index >= 15 is 0 Å². The number of pyridine rings is 1. The van der Waals surface area contributed by atoms with Crippen LogP contribution >= 0.6 is 34.9 Å². The van der Waals surface area contributed by atoms with Gasteiger partial charge in [-0.15, -0.1) is 34.9 Å². The molecule has 2 amide bonds. The number of carbonyl (C=O) groups excluding carboxylic acids is 3. The number of nitrogens with zero attached hydrogens (tertiary/aromatic N) is 6. The number of amides is 2. The van der Waals surface area contributed by atoms with Crippen molar-refractivity contribution in [2.75, 3.05) is 44.5 Å². The number of β-lactam (4-membered cyclic amide) rings is 1. The summed E-state index contributed by atoms with van der Waals surface area (Å²) in [5.41, 5.74) is 7.01. The molecule has 5 heterocycles. The quantitative estimate of drug-likeness (QED) is 0.0552. The molecule has 3 N–H and O–H groups in total. The second-order valence-electron chi connectivity index (χ2n) is 9.06. The second kappa shape index (κ2) is 13.6. The van der Waals surface area contributed by atoms with Gasteiger partial charge in [0, 0.05) is 35.8 Å². The van der Waals surface area contributed by atoms with Gasteiger partial charge in [-0.2, -0.15) is 0 Å². The fraction of sp³-hybridized carbons (Fsp3) is 0.333. The molecule has 3 aromatic heterocycles. The van der Waals surface area contributed by atoms with Crippen molar-refractivity contribution >= 4 is 69.1 Å². The monoisotopic (exact) mass is 624 g/mol. The number of carboxylic acids is 1. The summed E-state index contributed by atoms with van der Waals surface area (Å²) in [6.45, 7) is 0.802. The van der Waals surface area contributed by atoms with Gasteiger partial charge in [0.25, 0.3) is 11.8 Å². The van der Waals surface area contributed by atoms with Gasteiger partial charge >= 0.3 is 29.6 Å². The fourth-order valence-electron chi connectivity index (χ4n) is 4.13. The molecule has 0 saturated carbocycles. The van der Waals surface area contributed by atoms with Crippen LogP contribution in [0.15, 0.2) is 57.4 Å². The first-order chi connectivity index (χ1) is 19.2. The third kappa shape index (κ3) is 6.74. The van der Waals surface area contributed by atoms with Gasteiger partial charge in [-0.05, 0) is 31.8 Å². The Kier molecular flexibility index (Phi) is 10.4. The van der Waals surface area contributed by atoms with E-state index in [0.717, 1.165) is 22.0 Å². The van der Waals surface area contributed by atoms with E-state index in [1.54, 1.807) is 11.6 Å². The summed E-state index contributed by atoms with van der Waals surface area (Å²) in [6, 6.07) is 4.71. The molecule has 0 spiro atoms. The fourth-order valence-corrected chi connectivity index (χ4v) is 7.18. The van der Waals surface area contributed by atoms with Gasteiger partial charge in [0.15, 0.2) is 10.8 Å². The molecule has 0 unspecified atom stereocenters. The minimum Gasteiger partial charge on any atom is -0.543 e. The van der Waals surface area contributed by atoms with Crippen molar-refractivity contribution in [2.45, 2.75) is 16.4 Å². The maximum atomic E-state index is 13.2. The van der Waals surface area contributed by atoms with E-state index in [1.807, 2.05) is 47.8 Å². The third-order valence-corrected chi connectivity index (χ3v) is 9.21. The SMILES string of the molecule is CN(C)CCO/N=C(\C(=O)N[C@@H]1C(=O)N2C(C(=O)[O-])=C(CSc3cccc4nccn34)CS[C@H]12)c1csc(N)n1.[Na+]. The van der Waals surface area contributed by atoms with Crippen molar-refractivity contribution in [1.82, 2.24) is 29.5 Å². The number of rotatable bonds is 11. The van der Waals surface area contributed by atoms with E-state index in [1.165, 1.54) is 28.4 Å². The van der Waals surface area contributed by atoms with Crippen molar-refractivity contribution in [3.63, 3.8) is 0 Å². The predicted octanol–water partition coefficient (Wildman–Crippen LogP) is -3.14. The summed E-state index contributed by atoms with van der Waals surface area (Å²) in [5, 5.41) is 20.9. The maximum absolute atomic E-state index is 13.2. The van der Waals surface area contributed by atoms with Crippen LogP contribution in [0, 0.1) is 0 Å². The molecule has 41 heavy (non-hydrogen) atoms. The van der Waals surface area contributed by atoms with E-state index in [4.69, 9.17) is 10.6 Å². The summed E-state index contributed by atoms with van der Waals surface area (Å²) < 4.78 is 1.91. The number of thioether (sulfide) groups is 2. The van der Waals surface area contributed by atoms with Gasteiger partial charge in [-0.3, -0.25) is 18.9 Å². The van der Waals surface area contributed by atoms with Crippen LogP contribution in [0.3, 0.4) is 0 Å². The Balaban J connectivity index is 0.00000387. The van der Waals surface area contributed by atoms with Crippen molar-refractivity contribution in [1.29, 1.82) is 0 Å². The Morgan fingerprint density at radius 1 is 1.37 bits per heavy atom. The van der Waals surface area contributed by atoms with E-state index < -0.39 is 29.2 Å². The number of likely N-dealkylation sites (N-methyl/N-ethyl adjacent to an activating group) is 1. The smallest absolute Gasteiger partial charge is 0.543 e. The van der Waals surface area contributed by atoms with Gasteiger partial charge in [0.1, 0.15) is 29.4 Å². The Hall–Kier alpha value is -2.60. The van der Waals surface area contributed by atoms with Gasteiger partial charge in [0.2, 0.25) is 0 Å². The standard InChI is InChI=1S/C24H26N8O5S3.Na/c1-30(2)8-9-37-29-17(14-12-40-24(25)27-14)20(33)28-18-21(34)32-19(23(35)36)13(11-39-22(18)32)10-38-16-5-3-4-15-26-6-7-31(15)16;/h3-7,12,18,22H,8-11H2,1-2H3,(H2,25,27)(H,28,33)(H,35,36);/q;+1/p-1/b29-17-;/t18-,22-;/m1./s1. The van der Waals surface area contributed by atoms with Crippen LogP contribution < -0.4 is 45.7 Å². The Bertz CT molecular complexity index is 1520. The second-order valence-corrected chi connectivity index (χ2v) is 12.0. The van der Waals surface area contributed by atoms with Crippen LogP contribution in [0.25, 0.3) is 5.65 Å². The molecule has 210 valence electrons. The van der Waals surface area contributed by atoms with Crippen LogP contribution in [-0.4, -0.2) is 97.8 Å². The number of hydrogen-bond donors (Lipinski definition) is 2. The van der Waals surface area contributed by atoms with Crippen molar-refractivity contribution in [2.24, 2.45) is 5.16 Å². The van der Waals surface area contributed by atoms with Crippen LogP contribution in [0.1, 0.15) is 5.69 Å². The van der Waals surface area contributed by atoms with E-state index in [9.17, 15) is 19.5 Å². The Labute approximate surface area is 269 Å². The van der Waals surface area contributed by atoms with Crippen LogP contribution in [0.5, 0.6) is 0 Å². The van der Waals surface area contributed by atoms with E-state index in [-0.39, 0.29) is 58.4 Å². The molecular formula is C24H25N8NaO5S3. The minimum absolute atomic E-state index is 0. The molecule has 2 atom stereocenters. The topological polar surface area (TPSA) is 171 Å². The van der Waals surface area contributed by atoms with E-state index in [0.29, 0.717) is 23.6 Å². The van der Waals surface area contributed by atoms with Crippen LogP contribution in [0.2, 0.25) is 0 Å². The molecule has 0 aromatic carbocycles. The number of anilines is 1. The summed E-state index contributed by atoms with van der Waals surface area (Å²) in [4.78, 5) is 55.3. The molecule has 5 rings (SSSR count). The first kappa shape index (κ1) is 31.3. The Morgan fingerprint density at radius 2 is 2.17 bits per heavy atom. The summed E-state index contributed by atoms with van der Waals surface area (Å²) in [5.74, 6) is -1.96. The van der Waals surface area contributed by atoms with Crippen molar-refractivity contribution < 1.29 is 53.9 Å². The number of aromatic nitrogens is 3. The number of carboxylic acid groups (broad SMARTS) is 1. The summed E-state index contributed by atoms with van der Waals surface area (Å²) in [6.07, 6.45) is 3.52. The maximum Gasteiger partial charge on any atom is 1.00 e. The number of nitrogen functional groups attached to an aromatic ring is 1. The molecule has 0 aliphatic carbocycles. The largest absolute Gasteiger partial charge is 1.00 e. The molecule has 17 heteroatoms. The Morgan fingerprint density at radius 3 is 2.88 bits per heavy atom. The van der Waals surface area contributed by atoms with Crippen molar-refractivity contribution in [3.05, 3.63) is 52.9 Å². The zero-order valence-corrected chi connectivity index (χ0v) is 26.9. The first-order valence-corrected chi connectivity index (χ1v) is 15.0. The van der Waals surface area contributed by atoms with Crippen LogP contribution in [-0.2, 0) is 19.2 Å². The number of nitrogens with two attached hydrogens (primary N) is 1. The minimum atomic E-state index is -1.44. The molecule has 3 aromatic rings. The molecule has 0 radical (unpaired) electrons. The number of imidazole rings is 1.